The van der Waals surface area contributed by atoms with E-state index < -0.39 is 6.10 Å². The summed E-state index contributed by atoms with van der Waals surface area (Å²) in [7, 11) is 0. The van der Waals surface area contributed by atoms with Gasteiger partial charge in [0.15, 0.2) is 0 Å². The van der Waals surface area contributed by atoms with E-state index in [9.17, 15) is 0 Å². The van der Waals surface area contributed by atoms with Crippen molar-refractivity contribution in [3.63, 3.8) is 0 Å². The van der Waals surface area contributed by atoms with Crippen LogP contribution in [-0.2, 0) is 18.9 Å². The van der Waals surface area contributed by atoms with E-state index in [0.717, 1.165) is 0 Å². The van der Waals surface area contributed by atoms with Crippen LogP contribution in [0.3, 0.4) is 0 Å². The lowest BCUT2D eigenvalue weighted by Crippen LogP contribution is -2.13. The lowest BCUT2D eigenvalue weighted by atomic mass is 10.5. The third-order valence-corrected chi connectivity index (χ3v) is 1.85. The fourth-order valence-corrected chi connectivity index (χ4v) is 0.891. The molecule has 0 aliphatic heterocycles. The molecule has 1 unspecified atom stereocenters. The Bertz CT molecular complexity index is 154. The van der Waals surface area contributed by atoms with Crippen molar-refractivity contribution in [2.45, 2.75) is 13.0 Å². The summed E-state index contributed by atoms with van der Waals surface area (Å²) in [5.41, 5.74) is 0. The van der Waals surface area contributed by atoms with E-state index in [4.69, 9.17) is 39.4 Å². The molecule has 0 bridgehead atoms. The van der Waals surface area contributed by atoms with Crippen molar-refractivity contribution in [3.05, 3.63) is 0 Å². The van der Waals surface area contributed by atoms with Gasteiger partial charge in [0, 0.05) is 0 Å². The molecule has 0 saturated heterocycles. The van der Waals surface area contributed by atoms with Crippen LogP contribution in [0.1, 0.15) is 6.92 Å². The largest absolute Gasteiger partial charge is 0.394 e. The zero-order valence-corrected chi connectivity index (χ0v) is 12.8. The number of rotatable bonds is 14. The highest BCUT2D eigenvalue weighted by Crippen LogP contribution is 1.82. The SMILES string of the molecule is CC(O)CO.OCCOCCOCCOCCOCCO. The molecule has 0 heterocycles. The Morgan fingerprint density at radius 2 is 0.857 bits per heavy atom. The molecule has 0 radical (unpaired) electrons. The Morgan fingerprint density at radius 1 is 0.619 bits per heavy atom. The molecule has 0 rings (SSSR count). The van der Waals surface area contributed by atoms with Crippen LogP contribution in [-0.4, -0.2) is 99.2 Å². The van der Waals surface area contributed by atoms with Crippen molar-refractivity contribution >= 4 is 0 Å². The van der Waals surface area contributed by atoms with E-state index in [1.165, 1.54) is 6.92 Å². The predicted octanol–water partition coefficient (Wildman–Crippen LogP) is -1.60. The van der Waals surface area contributed by atoms with Gasteiger partial charge in [0.1, 0.15) is 0 Å². The molecule has 8 heteroatoms. The molecule has 1 atom stereocenters. The number of aliphatic hydroxyl groups is 4. The van der Waals surface area contributed by atoms with Gasteiger partial charge < -0.3 is 39.4 Å². The molecule has 0 fully saturated rings. The highest BCUT2D eigenvalue weighted by molar-refractivity contribution is 4.35. The van der Waals surface area contributed by atoms with Gasteiger partial charge in [0.25, 0.3) is 0 Å². The van der Waals surface area contributed by atoms with Gasteiger partial charge in [-0.05, 0) is 6.92 Å². The maximum Gasteiger partial charge on any atom is 0.0742 e. The molecule has 0 spiro atoms. The molecule has 130 valence electrons. The van der Waals surface area contributed by atoms with Gasteiger partial charge >= 0.3 is 0 Å². The van der Waals surface area contributed by atoms with E-state index in [1.54, 1.807) is 0 Å². The molecule has 21 heavy (non-hydrogen) atoms. The Labute approximate surface area is 126 Å². The van der Waals surface area contributed by atoms with Crippen molar-refractivity contribution in [2.75, 3.05) is 72.7 Å². The normalized spacial score (nSPS) is 11.9. The highest BCUT2D eigenvalue weighted by Gasteiger charge is 1.91. The van der Waals surface area contributed by atoms with Crippen LogP contribution in [0.15, 0.2) is 0 Å². The first-order chi connectivity index (χ1) is 10.2. The summed E-state index contributed by atoms with van der Waals surface area (Å²) in [6, 6.07) is 0. The minimum Gasteiger partial charge on any atom is -0.394 e. The summed E-state index contributed by atoms with van der Waals surface area (Å²) in [4.78, 5) is 0. The zero-order valence-electron chi connectivity index (χ0n) is 12.8. The van der Waals surface area contributed by atoms with Crippen molar-refractivity contribution < 1.29 is 39.4 Å². The van der Waals surface area contributed by atoms with Crippen LogP contribution in [0.4, 0.5) is 0 Å². The van der Waals surface area contributed by atoms with E-state index >= 15 is 0 Å². The van der Waals surface area contributed by atoms with Crippen molar-refractivity contribution in [3.8, 4) is 0 Å². The highest BCUT2D eigenvalue weighted by atomic mass is 16.6. The summed E-state index contributed by atoms with van der Waals surface area (Å²) in [5.74, 6) is 0. The van der Waals surface area contributed by atoms with Crippen molar-refractivity contribution in [2.24, 2.45) is 0 Å². The fourth-order valence-electron chi connectivity index (χ4n) is 0.891. The molecule has 4 N–H and O–H groups in total. The Balaban J connectivity index is 0. The molecular weight excluding hydrogens is 284 g/mol. The quantitative estimate of drug-likeness (QED) is 0.283. The third-order valence-electron chi connectivity index (χ3n) is 1.85. The van der Waals surface area contributed by atoms with Crippen LogP contribution in [0.2, 0.25) is 0 Å². The molecule has 0 aliphatic rings. The first kappa shape index (κ1) is 23.0. The molecule has 0 saturated carbocycles. The monoisotopic (exact) mass is 314 g/mol. The fraction of sp³-hybridized carbons (Fsp3) is 1.00. The summed E-state index contributed by atoms with van der Waals surface area (Å²) < 4.78 is 20.4. The second-order valence-electron chi connectivity index (χ2n) is 3.93. The third kappa shape index (κ3) is 28.5. The molecule has 8 nitrogen and oxygen atoms in total. The standard InChI is InChI=1S/C10H22O6.C3H8O2/c11-1-3-13-5-7-15-9-10-16-8-6-14-4-2-12;1-3(5)2-4/h11-12H,1-10H2;3-5H,2H2,1H3. The average Bonchev–Trinajstić information content (AvgIpc) is 2.49. The Hall–Kier alpha value is -0.320. The first-order valence-electron chi connectivity index (χ1n) is 7.00. The minimum atomic E-state index is -0.560. The zero-order chi connectivity index (χ0) is 16.2. The van der Waals surface area contributed by atoms with Crippen molar-refractivity contribution in [1.29, 1.82) is 0 Å². The minimum absolute atomic E-state index is 0.0386. The summed E-state index contributed by atoms with van der Waals surface area (Å²) in [6.45, 7) is 5.18. The van der Waals surface area contributed by atoms with Gasteiger partial charge in [0.05, 0.1) is 78.8 Å². The lowest BCUT2D eigenvalue weighted by molar-refractivity contribution is -0.00856. The summed E-state index contributed by atoms with van der Waals surface area (Å²) in [5, 5.41) is 32.8. The van der Waals surface area contributed by atoms with E-state index in [2.05, 4.69) is 0 Å². The van der Waals surface area contributed by atoms with Crippen LogP contribution < -0.4 is 0 Å². The number of aliphatic hydroxyl groups excluding tert-OH is 4. The van der Waals surface area contributed by atoms with Crippen LogP contribution in [0, 0.1) is 0 Å². The molecular formula is C13H30O8. The van der Waals surface area contributed by atoms with Crippen LogP contribution in [0.5, 0.6) is 0 Å². The maximum absolute atomic E-state index is 8.41. The number of hydrogen-bond donors (Lipinski definition) is 4. The predicted molar refractivity (Wildman–Crippen MR) is 76.2 cm³/mol. The molecule has 0 amide bonds. The van der Waals surface area contributed by atoms with Crippen LogP contribution in [0.25, 0.3) is 0 Å². The molecule has 0 aromatic rings. The van der Waals surface area contributed by atoms with Gasteiger partial charge in [-0.2, -0.15) is 0 Å². The molecule has 0 aromatic carbocycles. The van der Waals surface area contributed by atoms with Gasteiger partial charge in [-0.1, -0.05) is 0 Å². The van der Waals surface area contributed by atoms with Gasteiger partial charge in [-0.25, -0.2) is 0 Å². The van der Waals surface area contributed by atoms with E-state index in [1.807, 2.05) is 0 Å². The number of ether oxygens (including phenoxy) is 4. The Kier molecular flexibility index (Phi) is 24.0. The average molecular weight is 314 g/mol. The molecule has 0 aromatic heterocycles. The Morgan fingerprint density at radius 3 is 1.05 bits per heavy atom. The topological polar surface area (TPSA) is 118 Å². The maximum atomic E-state index is 8.41. The van der Waals surface area contributed by atoms with Gasteiger partial charge in [0.2, 0.25) is 0 Å². The van der Waals surface area contributed by atoms with Gasteiger partial charge in [-0.3, -0.25) is 0 Å². The second kappa shape index (κ2) is 22.0. The van der Waals surface area contributed by atoms with Crippen LogP contribution >= 0.6 is 0 Å². The second-order valence-corrected chi connectivity index (χ2v) is 3.93. The number of hydrogen-bond acceptors (Lipinski definition) is 8. The van der Waals surface area contributed by atoms with Gasteiger partial charge in [-0.15, -0.1) is 0 Å². The summed E-state index contributed by atoms with van der Waals surface area (Å²) in [6.07, 6.45) is -0.560. The first-order valence-corrected chi connectivity index (χ1v) is 7.00. The van der Waals surface area contributed by atoms with Crippen molar-refractivity contribution in [1.82, 2.24) is 0 Å². The molecule has 0 aliphatic carbocycles. The smallest absolute Gasteiger partial charge is 0.0742 e. The lowest BCUT2D eigenvalue weighted by Gasteiger charge is -2.06. The van der Waals surface area contributed by atoms with E-state index in [-0.39, 0.29) is 19.8 Å². The van der Waals surface area contributed by atoms with E-state index in [0.29, 0.717) is 52.9 Å². The summed E-state index contributed by atoms with van der Waals surface area (Å²) >= 11 is 0.